The summed E-state index contributed by atoms with van der Waals surface area (Å²) in [6.07, 6.45) is 3.80. The quantitative estimate of drug-likeness (QED) is 0.675. The number of pyridine rings is 1. The van der Waals surface area contributed by atoms with E-state index in [1.165, 1.54) is 11.1 Å². The van der Waals surface area contributed by atoms with E-state index < -0.39 is 0 Å². The molecule has 0 unspecified atom stereocenters. The molecule has 0 N–H and O–H groups in total. The normalized spacial score (nSPS) is 16.1. The van der Waals surface area contributed by atoms with Gasteiger partial charge in [-0.2, -0.15) is 0 Å². The van der Waals surface area contributed by atoms with E-state index in [9.17, 15) is 4.79 Å². The summed E-state index contributed by atoms with van der Waals surface area (Å²) in [6.45, 7) is 6.35. The number of fused-ring (bicyclic) bond motifs is 1. The lowest BCUT2D eigenvalue weighted by Gasteiger charge is -2.15. The highest BCUT2D eigenvalue weighted by Gasteiger charge is 2.21. The molecule has 2 nitrogen and oxygen atoms in total. The maximum atomic E-state index is 12.0. The third-order valence-corrected chi connectivity index (χ3v) is 3.25. The van der Waals surface area contributed by atoms with Crippen molar-refractivity contribution in [3.05, 3.63) is 28.6 Å². The summed E-state index contributed by atoms with van der Waals surface area (Å²) in [5.41, 5.74) is 4.25. The molecular weight excluding hydrogens is 198 g/mol. The topological polar surface area (TPSA) is 30.0 Å². The summed E-state index contributed by atoms with van der Waals surface area (Å²) < 4.78 is 0. The summed E-state index contributed by atoms with van der Waals surface area (Å²) in [5.74, 6) is 0.708. The fraction of sp³-hybridized carbons (Fsp3) is 0.571. The number of carbonyl (C=O) groups is 1. The maximum absolute atomic E-state index is 12.0. The molecule has 0 fully saturated rings. The first-order chi connectivity index (χ1) is 7.59. The number of aryl methyl sites for hydroxylation is 1. The number of Topliss-reactive ketones (excluding diaryl/α,β-unsaturated/α-hetero) is 1. The SMILES string of the molecule is Cc1cc(C(C)C)c2c(n1)C(=O)CCCC2. The van der Waals surface area contributed by atoms with Crippen LogP contribution in [-0.4, -0.2) is 10.8 Å². The molecular formula is C14H19NO. The van der Waals surface area contributed by atoms with Gasteiger partial charge in [-0.15, -0.1) is 0 Å². The third-order valence-electron chi connectivity index (χ3n) is 3.25. The number of carbonyl (C=O) groups excluding carboxylic acids is 1. The number of ketones is 1. The van der Waals surface area contributed by atoms with Gasteiger partial charge in [0.2, 0.25) is 0 Å². The highest BCUT2D eigenvalue weighted by Crippen LogP contribution is 2.27. The predicted octanol–water partition coefficient (Wildman–Crippen LogP) is 3.42. The van der Waals surface area contributed by atoms with Gasteiger partial charge in [0.25, 0.3) is 0 Å². The molecule has 1 aromatic heterocycles. The summed E-state index contributed by atoms with van der Waals surface area (Å²) in [5, 5.41) is 0. The van der Waals surface area contributed by atoms with E-state index in [2.05, 4.69) is 24.9 Å². The monoisotopic (exact) mass is 217 g/mol. The van der Waals surface area contributed by atoms with Crippen LogP contribution in [0.2, 0.25) is 0 Å². The van der Waals surface area contributed by atoms with Crippen molar-refractivity contribution < 1.29 is 4.79 Å². The van der Waals surface area contributed by atoms with Gasteiger partial charge in [-0.05, 0) is 49.3 Å². The van der Waals surface area contributed by atoms with Crippen molar-refractivity contribution in [1.29, 1.82) is 0 Å². The van der Waals surface area contributed by atoms with Gasteiger partial charge in [-0.3, -0.25) is 4.79 Å². The molecule has 1 aromatic rings. The lowest BCUT2D eigenvalue weighted by atomic mass is 9.93. The molecule has 0 atom stereocenters. The molecule has 16 heavy (non-hydrogen) atoms. The summed E-state index contributed by atoms with van der Waals surface area (Å²) in [7, 11) is 0. The van der Waals surface area contributed by atoms with Crippen molar-refractivity contribution in [2.75, 3.05) is 0 Å². The molecule has 86 valence electrons. The van der Waals surface area contributed by atoms with E-state index >= 15 is 0 Å². The number of hydrogen-bond acceptors (Lipinski definition) is 2. The number of aromatic nitrogens is 1. The van der Waals surface area contributed by atoms with Crippen LogP contribution in [-0.2, 0) is 6.42 Å². The number of rotatable bonds is 1. The molecule has 0 aliphatic heterocycles. The van der Waals surface area contributed by atoms with Crippen LogP contribution in [0.1, 0.15) is 66.3 Å². The Kier molecular flexibility index (Phi) is 3.08. The van der Waals surface area contributed by atoms with Crippen molar-refractivity contribution in [2.24, 2.45) is 0 Å². The molecule has 1 heterocycles. The molecule has 2 rings (SSSR count). The van der Waals surface area contributed by atoms with E-state index in [0.29, 0.717) is 12.3 Å². The Balaban J connectivity index is 2.60. The molecule has 1 aliphatic carbocycles. The molecule has 2 heteroatoms. The minimum absolute atomic E-state index is 0.234. The van der Waals surface area contributed by atoms with Gasteiger partial charge < -0.3 is 0 Å². The highest BCUT2D eigenvalue weighted by molar-refractivity contribution is 5.96. The van der Waals surface area contributed by atoms with Crippen molar-refractivity contribution >= 4 is 5.78 Å². The number of hydrogen-bond donors (Lipinski definition) is 0. The van der Waals surface area contributed by atoms with Crippen LogP contribution in [0.15, 0.2) is 6.07 Å². The van der Waals surface area contributed by atoms with Crippen molar-refractivity contribution in [2.45, 2.75) is 52.4 Å². The predicted molar refractivity (Wildman–Crippen MR) is 64.9 cm³/mol. The summed E-state index contributed by atoms with van der Waals surface area (Å²) >= 11 is 0. The van der Waals surface area contributed by atoms with Crippen LogP contribution in [0.4, 0.5) is 0 Å². The van der Waals surface area contributed by atoms with E-state index in [4.69, 9.17) is 0 Å². The Morgan fingerprint density at radius 1 is 1.25 bits per heavy atom. The van der Waals surface area contributed by atoms with Crippen LogP contribution in [0.25, 0.3) is 0 Å². The Morgan fingerprint density at radius 2 is 1.94 bits per heavy atom. The summed E-state index contributed by atoms with van der Waals surface area (Å²) in [4.78, 5) is 16.4. The Hall–Kier alpha value is -1.18. The van der Waals surface area contributed by atoms with Crippen LogP contribution in [0.5, 0.6) is 0 Å². The zero-order chi connectivity index (χ0) is 11.7. The van der Waals surface area contributed by atoms with Crippen LogP contribution in [0.3, 0.4) is 0 Å². The lowest BCUT2D eigenvalue weighted by molar-refractivity contribution is 0.0977. The molecule has 1 aliphatic rings. The van der Waals surface area contributed by atoms with Crippen LogP contribution in [0, 0.1) is 6.92 Å². The van der Waals surface area contributed by atoms with Crippen LogP contribution < -0.4 is 0 Å². The van der Waals surface area contributed by atoms with Crippen LogP contribution >= 0.6 is 0 Å². The first kappa shape index (κ1) is 11.3. The first-order valence-corrected chi connectivity index (χ1v) is 6.13. The average molecular weight is 217 g/mol. The molecule has 0 amide bonds. The largest absolute Gasteiger partial charge is 0.292 e. The molecule has 0 aromatic carbocycles. The Bertz CT molecular complexity index is 421. The minimum atomic E-state index is 0.234. The average Bonchev–Trinajstić information content (AvgIpc) is 2.40. The first-order valence-electron chi connectivity index (χ1n) is 6.13. The van der Waals surface area contributed by atoms with E-state index in [-0.39, 0.29) is 5.78 Å². The third kappa shape index (κ3) is 2.01. The van der Waals surface area contributed by atoms with Crippen molar-refractivity contribution in [1.82, 2.24) is 4.98 Å². The van der Waals surface area contributed by atoms with Gasteiger partial charge in [0.05, 0.1) is 0 Å². The maximum Gasteiger partial charge on any atom is 0.181 e. The van der Waals surface area contributed by atoms with Crippen molar-refractivity contribution in [3.63, 3.8) is 0 Å². The van der Waals surface area contributed by atoms with E-state index in [1.807, 2.05) is 6.92 Å². The van der Waals surface area contributed by atoms with E-state index in [0.717, 1.165) is 30.7 Å². The second kappa shape index (κ2) is 4.36. The molecule has 0 saturated carbocycles. The fourth-order valence-electron chi connectivity index (χ4n) is 2.44. The number of nitrogens with zero attached hydrogens (tertiary/aromatic N) is 1. The van der Waals surface area contributed by atoms with Gasteiger partial charge in [0.15, 0.2) is 5.78 Å². The minimum Gasteiger partial charge on any atom is -0.292 e. The lowest BCUT2D eigenvalue weighted by Crippen LogP contribution is -2.09. The Labute approximate surface area is 97.1 Å². The van der Waals surface area contributed by atoms with E-state index in [1.54, 1.807) is 0 Å². The highest BCUT2D eigenvalue weighted by atomic mass is 16.1. The molecule has 0 spiro atoms. The van der Waals surface area contributed by atoms with Gasteiger partial charge >= 0.3 is 0 Å². The van der Waals surface area contributed by atoms with Gasteiger partial charge in [0, 0.05) is 12.1 Å². The smallest absolute Gasteiger partial charge is 0.181 e. The zero-order valence-corrected chi connectivity index (χ0v) is 10.3. The summed E-state index contributed by atoms with van der Waals surface area (Å²) in [6, 6.07) is 2.14. The van der Waals surface area contributed by atoms with Gasteiger partial charge in [-0.1, -0.05) is 13.8 Å². The second-order valence-corrected chi connectivity index (χ2v) is 4.97. The molecule has 0 radical (unpaired) electrons. The van der Waals surface area contributed by atoms with Crippen molar-refractivity contribution in [3.8, 4) is 0 Å². The molecule has 0 saturated heterocycles. The molecule has 0 bridgehead atoms. The Morgan fingerprint density at radius 3 is 2.62 bits per heavy atom. The van der Waals surface area contributed by atoms with Gasteiger partial charge in [0.1, 0.15) is 5.69 Å². The standard InChI is InChI=1S/C14H19NO/c1-9(2)12-8-10(3)15-14-11(12)6-4-5-7-13(14)16/h8-9H,4-7H2,1-3H3. The zero-order valence-electron chi connectivity index (χ0n) is 10.3. The van der Waals surface area contributed by atoms with Gasteiger partial charge in [-0.25, -0.2) is 4.98 Å². The second-order valence-electron chi connectivity index (χ2n) is 4.97. The fourth-order valence-corrected chi connectivity index (χ4v) is 2.44.